The lowest BCUT2D eigenvalue weighted by molar-refractivity contribution is 0.0745. The van der Waals surface area contributed by atoms with E-state index in [0.29, 0.717) is 5.56 Å². The van der Waals surface area contributed by atoms with Crippen LogP contribution in [0.2, 0.25) is 0 Å². The number of rotatable bonds is 8. The van der Waals surface area contributed by atoms with Crippen molar-refractivity contribution >= 4 is 17.3 Å². The van der Waals surface area contributed by atoms with Crippen LogP contribution in [0, 0.1) is 0 Å². The Kier molecular flexibility index (Phi) is 6.65. The van der Waals surface area contributed by atoms with Crippen LogP contribution in [0.3, 0.4) is 0 Å². The number of ketones is 2. The van der Waals surface area contributed by atoms with Crippen molar-refractivity contribution in [1.29, 1.82) is 0 Å². The maximum absolute atomic E-state index is 13.2. The van der Waals surface area contributed by atoms with Gasteiger partial charge in [0.05, 0.1) is 5.56 Å². The Morgan fingerprint density at radius 3 is 2.13 bits per heavy atom. The summed E-state index contributed by atoms with van der Waals surface area (Å²) in [7, 11) is 0. The number of aromatic hydroxyl groups is 1. The molecule has 0 heterocycles. The number of aliphatic hydroxyl groups excluding tert-OH is 1. The normalized spacial score (nSPS) is 11.7. The highest BCUT2D eigenvalue weighted by atomic mass is 16.3. The van der Waals surface area contributed by atoms with E-state index in [2.05, 4.69) is 4.90 Å². The molecule has 3 aromatic rings. The van der Waals surface area contributed by atoms with Crippen LogP contribution >= 0.6 is 0 Å². The fraction of sp³-hybridized carbons (Fsp3) is 0.200. The molecule has 0 aliphatic heterocycles. The number of carbonyl (C=O) groups is 2. The number of phenolic OH excluding ortho intramolecular Hbond substituents is 1. The van der Waals surface area contributed by atoms with Gasteiger partial charge in [-0.15, -0.1) is 0 Å². The van der Waals surface area contributed by atoms with Crippen LogP contribution in [-0.4, -0.2) is 34.9 Å². The van der Waals surface area contributed by atoms with Crippen molar-refractivity contribution in [3.05, 3.63) is 95.1 Å². The topological polar surface area (TPSA) is 77.8 Å². The monoisotopic (exact) mass is 403 g/mol. The summed E-state index contributed by atoms with van der Waals surface area (Å²) in [5, 5.41) is 21.2. The summed E-state index contributed by atoms with van der Waals surface area (Å²) in [6.07, 6.45) is -1.48. The SMILES string of the molecule is CCN(CC)c1ccc(C(=O)c2ccccc2C(O)C(=O)c2ccccc2)c(O)c1. The highest BCUT2D eigenvalue weighted by Gasteiger charge is 2.25. The summed E-state index contributed by atoms with van der Waals surface area (Å²) in [5.41, 5.74) is 1.70. The van der Waals surface area contributed by atoms with Gasteiger partial charge in [-0.1, -0.05) is 54.6 Å². The van der Waals surface area contributed by atoms with Crippen molar-refractivity contribution in [2.45, 2.75) is 20.0 Å². The predicted molar refractivity (Wildman–Crippen MR) is 117 cm³/mol. The van der Waals surface area contributed by atoms with E-state index in [1.54, 1.807) is 72.8 Å². The molecule has 0 radical (unpaired) electrons. The third kappa shape index (κ3) is 4.26. The summed E-state index contributed by atoms with van der Waals surface area (Å²) in [5.74, 6) is -1.07. The molecule has 0 aliphatic carbocycles. The summed E-state index contributed by atoms with van der Waals surface area (Å²) in [6, 6.07) is 19.8. The molecule has 2 N–H and O–H groups in total. The van der Waals surface area contributed by atoms with Gasteiger partial charge in [0.15, 0.2) is 11.6 Å². The zero-order chi connectivity index (χ0) is 21.7. The maximum Gasteiger partial charge on any atom is 0.197 e. The van der Waals surface area contributed by atoms with Gasteiger partial charge >= 0.3 is 0 Å². The molecule has 0 spiro atoms. The molecular formula is C25H25NO4. The van der Waals surface area contributed by atoms with Gasteiger partial charge < -0.3 is 15.1 Å². The first kappa shape index (κ1) is 21.3. The molecule has 0 saturated carbocycles. The number of carbonyl (C=O) groups excluding carboxylic acids is 2. The van der Waals surface area contributed by atoms with Crippen molar-refractivity contribution in [3.63, 3.8) is 0 Å². The van der Waals surface area contributed by atoms with Crippen LogP contribution in [0.5, 0.6) is 5.75 Å². The minimum absolute atomic E-state index is 0.123. The standard InChI is InChI=1S/C25H25NO4/c1-3-26(4-2)18-14-15-21(22(27)16-18)24(29)19-12-8-9-13-20(19)25(30)23(28)17-10-6-5-7-11-17/h5-16,25,27,30H,3-4H2,1-2H3. The van der Waals surface area contributed by atoms with Gasteiger partial charge in [-0.05, 0) is 31.5 Å². The Labute approximate surface area is 176 Å². The molecular weight excluding hydrogens is 378 g/mol. The van der Waals surface area contributed by atoms with Crippen molar-refractivity contribution in [1.82, 2.24) is 0 Å². The van der Waals surface area contributed by atoms with Crippen molar-refractivity contribution in [2.24, 2.45) is 0 Å². The van der Waals surface area contributed by atoms with Crippen LogP contribution in [0.25, 0.3) is 0 Å². The Morgan fingerprint density at radius 2 is 1.50 bits per heavy atom. The van der Waals surface area contributed by atoms with Gasteiger partial charge in [-0.25, -0.2) is 0 Å². The maximum atomic E-state index is 13.2. The van der Waals surface area contributed by atoms with Gasteiger partial charge in [-0.2, -0.15) is 0 Å². The number of hydrogen-bond acceptors (Lipinski definition) is 5. The van der Waals surface area contributed by atoms with E-state index in [1.165, 1.54) is 0 Å². The van der Waals surface area contributed by atoms with Crippen LogP contribution in [0.15, 0.2) is 72.8 Å². The molecule has 3 aromatic carbocycles. The highest BCUT2D eigenvalue weighted by Crippen LogP contribution is 2.30. The molecule has 30 heavy (non-hydrogen) atoms. The van der Waals surface area contributed by atoms with Gasteiger partial charge in [0.1, 0.15) is 11.9 Å². The molecule has 0 bridgehead atoms. The second-order valence-corrected chi connectivity index (χ2v) is 6.92. The van der Waals surface area contributed by atoms with Gasteiger partial charge in [0.25, 0.3) is 0 Å². The summed E-state index contributed by atoms with van der Waals surface area (Å²) in [4.78, 5) is 27.9. The number of hydrogen-bond donors (Lipinski definition) is 2. The Morgan fingerprint density at radius 1 is 0.867 bits per heavy atom. The molecule has 1 unspecified atom stereocenters. The molecule has 0 amide bonds. The van der Waals surface area contributed by atoms with E-state index in [1.807, 2.05) is 13.8 Å². The number of anilines is 1. The lowest BCUT2D eigenvalue weighted by atomic mass is 9.91. The molecule has 5 heteroatoms. The molecule has 0 aliphatic rings. The lowest BCUT2D eigenvalue weighted by Crippen LogP contribution is -2.21. The number of phenols is 1. The second kappa shape index (κ2) is 9.37. The van der Waals surface area contributed by atoms with E-state index in [4.69, 9.17) is 0 Å². The quantitative estimate of drug-likeness (QED) is 0.546. The minimum atomic E-state index is -1.48. The average Bonchev–Trinajstić information content (AvgIpc) is 2.79. The highest BCUT2D eigenvalue weighted by molar-refractivity contribution is 6.13. The largest absolute Gasteiger partial charge is 0.507 e. The van der Waals surface area contributed by atoms with E-state index < -0.39 is 17.7 Å². The summed E-state index contributed by atoms with van der Waals surface area (Å²) < 4.78 is 0. The third-order valence-electron chi connectivity index (χ3n) is 5.16. The first-order valence-electron chi connectivity index (χ1n) is 9.96. The van der Waals surface area contributed by atoms with Crippen molar-refractivity contribution in [3.8, 4) is 5.75 Å². The molecule has 1 atom stereocenters. The number of benzene rings is 3. The van der Waals surface area contributed by atoms with E-state index in [0.717, 1.165) is 18.8 Å². The lowest BCUT2D eigenvalue weighted by Gasteiger charge is -2.21. The summed E-state index contributed by atoms with van der Waals surface area (Å²) in [6.45, 7) is 5.59. The third-order valence-corrected chi connectivity index (χ3v) is 5.16. The Bertz CT molecular complexity index is 1040. The number of Topliss-reactive ketones (excluding diaryl/α,β-unsaturated/α-hetero) is 1. The van der Waals surface area contributed by atoms with Crippen molar-refractivity contribution < 1.29 is 19.8 Å². The number of aliphatic hydroxyl groups is 1. The zero-order valence-electron chi connectivity index (χ0n) is 17.1. The van der Waals surface area contributed by atoms with Gasteiger partial charge in [0.2, 0.25) is 0 Å². The zero-order valence-corrected chi connectivity index (χ0v) is 17.1. The van der Waals surface area contributed by atoms with Gasteiger partial charge in [0, 0.05) is 36.0 Å². The van der Waals surface area contributed by atoms with E-state index >= 15 is 0 Å². The molecule has 3 rings (SSSR count). The molecule has 0 aromatic heterocycles. The fourth-order valence-corrected chi connectivity index (χ4v) is 3.49. The van der Waals surface area contributed by atoms with E-state index in [9.17, 15) is 19.8 Å². The molecule has 5 nitrogen and oxygen atoms in total. The first-order chi connectivity index (χ1) is 14.5. The van der Waals surface area contributed by atoms with Crippen molar-refractivity contribution in [2.75, 3.05) is 18.0 Å². The van der Waals surface area contributed by atoms with Crippen LogP contribution < -0.4 is 4.90 Å². The van der Waals surface area contributed by atoms with E-state index in [-0.39, 0.29) is 22.4 Å². The predicted octanol–water partition coefficient (Wildman–Crippen LogP) is 4.39. The second-order valence-electron chi connectivity index (χ2n) is 6.92. The Hall–Kier alpha value is -3.44. The average molecular weight is 403 g/mol. The minimum Gasteiger partial charge on any atom is -0.507 e. The first-order valence-corrected chi connectivity index (χ1v) is 9.96. The van der Waals surface area contributed by atoms with Crippen LogP contribution in [0.1, 0.15) is 51.8 Å². The molecule has 0 saturated heterocycles. The fourth-order valence-electron chi connectivity index (χ4n) is 3.49. The number of nitrogens with zero attached hydrogens (tertiary/aromatic N) is 1. The smallest absolute Gasteiger partial charge is 0.197 e. The molecule has 154 valence electrons. The van der Waals surface area contributed by atoms with Gasteiger partial charge in [-0.3, -0.25) is 9.59 Å². The Balaban J connectivity index is 1.96. The van der Waals surface area contributed by atoms with Crippen LogP contribution in [0.4, 0.5) is 5.69 Å². The van der Waals surface area contributed by atoms with Crippen LogP contribution in [-0.2, 0) is 0 Å². The molecule has 0 fully saturated rings. The summed E-state index contributed by atoms with van der Waals surface area (Å²) >= 11 is 0.